The Kier molecular flexibility index (Phi) is 8.70. The van der Waals surface area contributed by atoms with Crippen LogP contribution >= 0.6 is 0 Å². The predicted molar refractivity (Wildman–Crippen MR) is 118 cm³/mol. The zero-order chi connectivity index (χ0) is 22.9. The van der Waals surface area contributed by atoms with E-state index in [1.165, 1.54) is 12.1 Å². The van der Waals surface area contributed by atoms with Crippen LogP contribution in [-0.2, 0) is 20.9 Å². The molecule has 1 N–H and O–H groups in total. The van der Waals surface area contributed by atoms with Gasteiger partial charge in [0.05, 0.1) is 13.2 Å². The molecule has 31 heavy (non-hydrogen) atoms. The molecule has 0 heterocycles. The topological polar surface area (TPSA) is 89.9 Å². The molecule has 2 aromatic rings. The summed E-state index contributed by atoms with van der Waals surface area (Å²) in [5.41, 5.74) is 3.13. The lowest BCUT2D eigenvalue weighted by Crippen LogP contribution is -2.19. The third kappa shape index (κ3) is 7.50. The highest BCUT2D eigenvalue weighted by Gasteiger charge is 2.17. The summed E-state index contributed by atoms with van der Waals surface area (Å²) in [6.45, 7) is 7.28. The maximum Gasteiger partial charge on any atom is 0.377 e. The van der Waals surface area contributed by atoms with Crippen LogP contribution in [0.2, 0.25) is 0 Å². The summed E-state index contributed by atoms with van der Waals surface area (Å²) in [4.78, 5) is 32.9. The predicted octanol–water partition coefficient (Wildman–Crippen LogP) is 4.49. The van der Waals surface area contributed by atoms with Crippen molar-refractivity contribution in [3.05, 3.63) is 70.8 Å². The number of hydrogen-bond acceptors (Lipinski definition) is 5. The lowest BCUT2D eigenvalue weighted by molar-refractivity contribution is -0.131. The molecule has 0 fully saturated rings. The molecule has 164 valence electrons. The van der Waals surface area contributed by atoms with E-state index in [9.17, 15) is 14.4 Å². The highest BCUT2D eigenvalue weighted by Crippen LogP contribution is 2.22. The van der Waals surface area contributed by atoms with Gasteiger partial charge in [0.15, 0.2) is 0 Å². The third-order valence-corrected chi connectivity index (χ3v) is 4.74. The molecule has 0 spiro atoms. The van der Waals surface area contributed by atoms with Crippen molar-refractivity contribution in [2.24, 2.45) is 5.41 Å². The Morgan fingerprint density at radius 3 is 2.45 bits per heavy atom. The number of rotatable bonds is 12. The van der Waals surface area contributed by atoms with Crippen molar-refractivity contribution in [2.45, 2.75) is 33.8 Å². The van der Waals surface area contributed by atoms with E-state index in [1.54, 1.807) is 12.1 Å². The van der Waals surface area contributed by atoms with Crippen LogP contribution < -0.4 is 4.74 Å². The van der Waals surface area contributed by atoms with Gasteiger partial charge in [-0.15, -0.1) is 0 Å². The van der Waals surface area contributed by atoms with E-state index in [2.05, 4.69) is 0 Å². The van der Waals surface area contributed by atoms with Crippen LogP contribution in [0, 0.1) is 12.3 Å². The number of aryl methyl sites for hydroxylation is 1. The minimum Gasteiger partial charge on any atom is -0.490 e. The van der Waals surface area contributed by atoms with Crippen LogP contribution in [0.1, 0.15) is 47.3 Å². The molecule has 0 saturated heterocycles. The fourth-order valence-electron chi connectivity index (χ4n) is 2.96. The summed E-state index contributed by atoms with van der Waals surface area (Å²) in [5.74, 6) is -1.89. The molecule has 0 amide bonds. The van der Waals surface area contributed by atoms with E-state index in [4.69, 9.17) is 14.6 Å². The standard InChI is InChI=1S/C25H28O6/c1-18-6-4-7-20(16-30-17-25(2,3)13-14-26)22(18)8-5-15-31-21-11-9-19(10-12-21)23(27)24(28)29/h4-12,14H,13,15-17H2,1-3H3,(H,28,29)/b8-5+. The van der Waals surface area contributed by atoms with Gasteiger partial charge in [-0.2, -0.15) is 0 Å². The number of aliphatic carboxylic acids is 1. The number of ketones is 1. The lowest BCUT2D eigenvalue weighted by atomic mass is 9.91. The van der Waals surface area contributed by atoms with Gasteiger partial charge in [-0.25, -0.2) is 4.79 Å². The minimum atomic E-state index is -1.48. The molecule has 0 radical (unpaired) electrons. The van der Waals surface area contributed by atoms with E-state index in [-0.39, 0.29) is 11.0 Å². The van der Waals surface area contributed by atoms with Crippen LogP contribution in [-0.4, -0.2) is 36.4 Å². The van der Waals surface area contributed by atoms with E-state index >= 15 is 0 Å². The molecular formula is C25H28O6. The Morgan fingerprint density at radius 2 is 1.81 bits per heavy atom. The molecule has 0 aromatic heterocycles. The molecule has 0 bridgehead atoms. The Balaban J connectivity index is 1.95. The van der Waals surface area contributed by atoms with Crippen LogP contribution in [0.3, 0.4) is 0 Å². The number of carboxylic acid groups (broad SMARTS) is 1. The zero-order valence-electron chi connectivity index (χ0n) is 18.1. The highest BCUT2D eigenvalue weighted by molar-refractivity contribution is 6.39. The largest absolute Gasteiger partial charge is 0.490 e. The molecule has 2 aromatic carbocycles. The zero-order valence-corrected chi connectivity index (χ0v) is 18.1. The molecule has 6 heteroatoms. The lowest BCUT2D eigenvalue weighted by Gasteiger charge is -2.22. The number of Topliss-reactive ketones (excluding diaryl/α,β-unsaturated/α-hetero) is 1. The SMILES string of the molecule is Cc1cccc(COCC(C)(C)CC=O)c1/C=C/COc1ccc(C(=O)C(=O)O)cc1. The minimum absolute atomic E-state index is 0.108. The van der Waals surface area contributed by atoms with Crippen LogP contribution in [0.4, 0.5) is 0 Å². The average Bonchev–Trinajstić information content (AvgIpc) is 2.72. The maximum atomic E-state index is 11.4. The monoisotopic (exact) mass is 424 g/mol. The fourth-order valence-corrected chi connectivity index (χ4v) is 2.96. The third-order valence-electron chi connectivity index (χ3n) is 4.74. The van der Waals surface area contributed by atoms with Crippen molar-refractivity contribution >= 4 is 24.1 Å². The number of carboxylic acids is 1. The second-order valence-electron chi connectivity index (χ2n) is 8.05. The Bertz CT molecular complexity index is 941. The summed E-state index contributed by atoms with van der Waals surface area (Å²) in [5, 5.41) is 8.74. The average molecular weight is 424 g/mol. The van der Waals surface area contributed by atoms with E-state index < -0.39 is 11.8 Å². The van der Waals surface area contributed by atoms with Gasteiger partial charge < -0.3 is 19.4 Å². The van der Waals surface area contributed by atoms with Crippen molar-refractivity contribution in [2.75, 3.05) is 13.2 Å². The van der Waals surface area contributed by atoms with Gasteiger partial charge in [-0.1, -0.05) is 38.1 Å². The smallest absolute Gasteiger partial charge is 0.377 e. The van der Waals surface area contributed by atoms with Crippen LogP contribution in [0.5, 0.6) is 5.75 Å². The first-order chi connectivity index (χ1) is 14.7. The number of ether oxygens (including phenoxy) is 2. The number of carbonyl (C=O) groups is 3. The summed E-state index contributed by atoms with van der Waals surface area (Å²) >= 11 is 0. The highest BCUT2D eigenvalue weighted by atomic mass is 16.5. The molecule has 0 aliphatic heterocycles. The number of hydrogen-bond donors (Lipinski definition) is 1. The Hall–Kier alpha value is -3.25. The van der Waals surface area contributed by atoms with Gasteiger partial charge in [-0.3, -0.25) is 4.79 Å². The van der Waals surface area contributed by atoms with E-state index in [1.807, 2.05) is 51.1 Å². The molecule has 0 atom stereocenters. The number of aldehydes is 1. The van der Waals surface area contributed by atoms with Gasteiger partial charge in [-0.05, 0) is 59.4 Å². The molecular weight excluding hydrogens is 396 g/mol. The van der Waals surface area contributed by atoms with Crippen molar-refractivity contribution in [3.8, 4) is 5.75 Å². The molecule has 6 nitrogen and oxygen atoms in total. The number of carbonyl (C=O) groups excluding carboxylic acids is 2. The first kappa shape index (κ1) is 24.0. The summed E-state index contributed by atoms with van der Waals surface area (Å²) in [6.07, 6.45) is 5.24. The molecule has 0 aliphatic rings. The second kappa shape index (κ2) is 11.2. The van der Waals surface area contributed by atoms with Crippen LogP contribution in [0.15, 0.2) is 48.5 Å². The number of benzene rings is 2. The maximum absolute atomic E-state index is 11.4. The summed E-state index contributed by atoms with van der Waals surface area (Å²) < 4.78 is 11.5. The Labute approximate surface area is 182 Å². The van der Waals surface area contributed by atoms with Gasteiger partial charge in [0.2, 0.25) is 0 Å². The van der Waals surface area contributed by atoms with Crippen molar-refractivity contribution < 1.29 is 29.0 Å². The molecule has 0 unspecified atom stereocenters. The van der Waals surface area contributed by atoms with Gasteiger partial charge in [0.1, 0.15) is 18.6 Å². The second-order valence-corrected chi connectivity index (χ2v) is 8.05. The van der Waals surface area contributed by atoms with E-state index in [0.717, 1.165) is 23.0 Å². The quantitative estimate of drug-likeness (QED) is 0.307. The first-order valence-electron chi connectivity index (χ1n) is 10.0. The van der Waals surface area contributed by atoms with Gasteiger partial charge in [0.25, 0.3) is 5.78 Å². The molecule has 0 saturated carbocycles. The van der Waals surface area contributed by atoms with Crippen LogP contribution in [0.25, 0.3) is 6.08 Å². The molecule has 0 aliphatic carbocycles. The molecule has 2 rings (SSSR count). The van der Waals surface area contributed by atoms with Crippen molar-refractivity contribution in [1.82, 2.24) is 0 Å². The van der Waals surface area contributed by atoms with Crippen molar-refractivity contribution in [3.63, 3.8) is 0 Å². The van der Waals surface area contributed by atoms with Gasteiger partial charge in [0, 0.05) is 12.0 Å². The summed E-state index contributed by atoms with van der Waals surface area (Å²) in [6, 6.07) is 12.0. The van der Waals surface area contributed by atoms with Gasteiger partial charge >= 0.3 is 5.97 Å². The summed E-state index contributed by atoms with van der Waals surface area (Å²) in [7, 11) is 0. The van der Waals surface area contributed by atoms with Crippen molar-refractivity contribution in [1.29, 1.82) is 0 Å². The Morgan fingerprint density at radius 1 is 1.10 bits per heavy atom. The normalized spacial score (nSPS) is 11.5. The van der Waals surface area contributed by atoms with E-state index in [0.29, 0.717) is 32.0 Å². The fraction of sp³-hybridized carbons (Fsp3) is 0.320. The first-order valence-corrected chi connectivity index (χ1v) is 10.0.